The van der Waals surface area contributed by atoms with Crippen LogP contribution in [0, 0.1) is 6.92 Å². The van der Waals surface area contributed by atoms with Gasteiger partial charge < -0.3 is 15.6 Å². The highest BCUT2D eigenvalue weighted by atomic mass is 16.5. The van der Waals surface area contributed by atoms with E-state index in [-0.39, 0.29) is 6.04 Å². The number of aromatic nitrogens is 1. The Bertz CT molecular complexity index is 368. The van der Waals surface area contributed by atoms with Crippen LogP contribution >= 0.6 is 0 Å². The zero-order chi connectivity index (χ0) is 12.1. The van der Waals surface area contributed by atoms with Gasteiger partial charge >= 0.3 is 0 Å². The van der Waals surface area contributed by atoms with Crippen LogP contribution in [0.5, 0.6) is 0 Å². The molecule has 0 fully saturated rings. The second-order valence-electron chi connectivity index (χ2n) is 4.02. The molecule has 0 radical (unpaired) electrons. The Labute approximate surface area is 96.1 Å². The number of guanidine groups is 1. The van der Waals surface area contributed by atoms with Crippen LogP contribution in [-0.4, -0.2) is 17.2 Å². The molecule has 1 heterocycles. The maximum absolute atomic E-state index is 5.72. The normalized spacial score (nSPS) is 12.2. The smallest absolute Gasteiger partial charge is 0.189 e. The van der Waals surface area contributed by atoms with Gasteiger partial charge in [-0.2, -0.15) is 0 Å². The molecule has 0 saturated carbocycles. The highest BCUT2D eigenvalue weighted by molar-refractivity contribution is 5.78. The summed E-state index contributed by atoms with van der Waals surface area (Å²) in [6, 6.07) is 0.290. The third kappa shape index (κ3) is 3.25. The number of nitrogens with zero attached hydrogens (tertiary/aromatic N) is 2. The summed E-state index contributed by atoms with van der Waals surface area (Å²) >= 11 is 0. The number of hydrogen-bond acceptors (Lipinski definition) is 3. The number of nitrogens with two attached hydrogens (primary N) is 1. The molecule has 1 rings (SSSR count). The van der Waals surface area contributed by atoms with Crippen molar-refractivity contribution in [2.24, 2.45) is 10.7 Å². The van der Waals surface area contributed by atoms with Crippen LogP contribution in [-0.2, 0) is 13.0 Å². The van der Waals surface area contributed by atoms with E-state index in [4.69, 9.17) is 10.3 Å². The summed E-state index contributed by atoms with van der Waals surface area (Å²) in [7, 11) is 0. The third-order valence-corrected chi connectivity index (χ3v) is 2.25. The minimum absolute atomic E-state index is 0.290. The summed E-state index contributed by atoms with van der Waals surface area (Å²) in [5.41, 5.74) is 7.72. The van der Waals surface area contributed by atoms with Crippen molar-refractivity contribution in [1.82, 2.24) is 10.5 Å². The number of hydrogen-bond donors (Lipinski definition) is 2. The van der Waals surface area contributed by atoms with Crippen LogP contribution in [0.3, 0.4) is 0 Å². The second-order valence-corrected chi connectivity index (χ2v) is 4.02. The molecule has 0 spiro atoms. The molecule has 0 aliphatic rings. The maximum Gasteiger partial charge on any atom is 0.189 e. The molecular formula is C11H20N4O. The van der Waals surface area contributed by atoms with E-state index < -0.39 is 0 Å². The van der Waals surface area contributed by atoms with Gasteiger partial charge in [0.05, 0.1) is 12.2 Å². The van der Waals surface area contributed by atoms with Crippen molar-refractivity contribution >= 4 is 5.96 Å². The lowest BCUT2D eigenvalue weighted by Gasteiger charge is -2.08. The molecule has 0 aromatic carbocycles. The van der Waals surface area contributed by atoms with E-state index in [9.17, 15) is 0 Å². The molecule has 0 aliphatic heterocycles. The number of aliphatic imine (C=N–C) groups is 1. The SMILES string of the molecule is CCc1noc(C)c1CN=C(N)NC(C)C. The average molecular weight is 224 g/mol. The molecule has 3 N–H and O–H groups in total. The van der Waals surface area contributed by atoms with Gasteiger partial charge in [0.1, 0.15) is 5.76 Å². The molecule has 5 nitrogen and oxygen atoms in total. The molecule has 5 heteroatoms. The van der Waals surface area contributed by atoms with Crippen LogP contribution in [0.4, 0.5) is 0 Å². The van der Waals surface area contributed by atoms with Crippen LogP contribution < -0.4 is 11.1 Å². The van der Waals surface area contributed by atoms with Crippen LogP contribution in [0.15, 0.2) is 9.52 Å². The van der Waals surface area contributed by atoms with Gasteiger partial charge in [-0.3, -0.25) is 0 Å². The first-order valence-corrected chi connectivity index (χ1v) is 5.55. The molecule has 0 atom stereocenters. The zero-order valence-electron chi connectivity index (χ0n) is 10.4. The van der Waals surface area contributed by atoms with E-state index in [0.29, 0.717) is 12.5 Å². The van der Waals surface area contributed by atoms with E-state index in [1.165, 1.54) is 0 Å². The van der Waals surface area contributed by atoms with Crippen LogP contribution in [0.25, 0.3) is 0 Å². The second kappa shape index (κ2) is 5.53. The van der Waals surface area contributed by atoms with E-state index in [2.05, 4.69) is 15.5 Å². The van der Waals surface area contributed by atoms with Crippen molar-refractivity contribution in [1.29, 1.82) is 0 Å². The van der Waals surface area contributed by atoms with Gasteiger partial charge in [0.15, 0.2) is 5.96 Å². The van der Waals surface area contributed by atoms with Crippen LogP contribution in [0.2, 0.25) is 0 Å². The summed E-state index contributed by atoms with van der Waals surface area (Å²) in [6.45, 7) is 8.49. The van der Waals surface area contributed by atoms with Gasteiger partial charge in [-0.25, -0.2) is 4.99 Å². The topological polar surface area (TPSA) is 76.4 Å². The van der Waals surface area contributed by atoms with Gasteiger partial charge in [0, 0.05) is 11.6 Å². The Hall–Kier alpha value is -1.52. The predicted octanol–water partition coefficient (Wildman–Crippen LogP) is 1.36. The van der Waals surface area contributed by atoms with Gasteiger partial charge in [0.2, 0.25) is 0 Å². The highest BCUT2D eigenvalue weighted by Gasteiger charge is 2.10. The Morgan fingerprint density at radius 3 is 2.81 bits per heavy atom. The lowest BCUT2D eigenvalue weighted by atomic mass is 10.1. The highest BCUT2D eigenvalue weighted by Crippen LogP contribution is 2.14. The minimum atomic E-state index is 0.290. The molecule has 0 aliphatic carbocycles. The first-order valence-electron chi connectivity index (χ1n) is 5.55. The third-order valence-electron chi connectivity index (χ3n) is 2.25. The number of rotatable bonds is 4. The maximum atomic E-state index is 5.72. The van der Waals surface area contributed by atoms with Crippen molar-refractivity contribution in [2.45, 2.75) is 46.7 Å². The van der Waals surface area contributed by atoms with E-state index >= 15 is 0 Å². The van der Waals surface area contributed by atoms with Gasteiger partial charge in [0.25, 0.3) is 0 Å². The van der Waals surface area contributed by atoms with Crippen molar-refractivity contribution in [3.05, 3.63) is 17.0 Å². The Morgan fingerprint density at radius 2 is 2.25 bits per heavy atom. The van der Waals surface area contributed by atoms with E-state index in [1.807, 2.05) is 27.7 Å². The predicted molar refractivity (Wildman–Crippen MR) is 64.2 cm³/mol. The Morgan fingerprint density at radius 1 is 1.56 bits per heavy atom. The fourth-order valence-electron chi connectivity index (χ4n) is 1.42. The monoisotopic (exact) mass is 224 g/mol. The van der Waals surface area contributed by atoms with Crippen LogP contribution in [0.1, 0.15) is 37.8 Å². The van der Waals surface area contributed by atoms with Crippen molar-refractivity contribution in [3.63, 3.8) is 0 Å². The lowest BCUT2D eigenvalue weighted by molar-refractivity contribution is 0.390. The first kappa shape index (κ1) is 12.5. The minimum Gasteiger partial charge on any atom is -0.370 e. The quantitative estimate of drug-likeness (QED) is 0.598. The standard InChI is InChI=1S/C11H20N4O/c1-5-10-9(8(4)16-15-10)6-13-11(12)14-7(2)3/h7H,5-6H2,1-4H3,(H3,12,13,14). The Kier molecular flexibility index (Phi) is 4.34. The van der Waals surface area contributed by atoms with Crippen molar-refractivity contribution in [3.8, 4) is 0 Å². The summed E-state index contributed by atoms with van der Waals surface area (Å²) < 4.78 is 5.12. The molecule has 0 unspecified atom stereocenters. The van der Waals surface area contributed by atoms with Crippen molar-refractivity contribution < 1.29 is 4.52 Å². The largest absolute Gasteiger partial charge is 0.370 e. The fourth-order valence-corrected chi connectivity index (χ4v) is 1.42. The van der Waals surface area contributed by atoms with Gasteiger partial charge in [-0.15, -0.1) is 0 Å². The van der Waals surface area contributed by atoms with Gasteiger partial charge in [-0.05, 0) is 27.2 Å². The molecule has 0 amide bonds. The van der Waals surface area contributed by atoms with Crippen molar-refractivity contribution in [2.75, 3.05) is 0 Å². The molecular weight excluding hydrogens is 204 g/mol. The lowest BCUT2D eigenvalue weighted by Crippen LogP contribution is -2.36. The molecule has 90 valence electrons. The molecule has 1 aromatic rings. The molecule has 0 saturated heterocycles. The molecule has 0 bridgehead atoms. The van der Waals surface area contributed by atoms with E-state index in [0.717, 1.165) is 23.4 Å². The van der Waals surface area contributed by atoms with Gasteiger partial charge in [-0.1, -0.05) is 12.1 Å². The fraction of sp³-hybridized carbons (Fsp3) is 0.636. The molecule has 16 heavy (non-hydrogen) atoms. The summed E-state index contributed by atoms with van der Waals surface area (Å²) in [4.78, 5) is 4.26. The zero-order valence-corrected chi connectivity index (χ0v) is 10.4. The average Bonchev–Trinajstić information content (AvgIpc) is 2.55. The summed E-state index contributed by atoms with van der Waals surface area (Å²) in [6.07, 6.45) is 0.847. The van der Waals surface area contributed by atoms with E-state index in [1.54, 1.807) is 0 Å². The first-order chi connectivity index (χ1) is 7.54. The molecule has 1 aromatic heterocycles. The summed E-state index contributed by atoms with van der Waals surface area (Å²) in [5.74, 6) is 1.27. The number of aryl methyl sites for hydroxylation is 2. The summed E-state index contributed by atoms with van der Waals surface area (Å²) in [5, 5.41) is 7.01. The Balaban J connectivity index is 2.69. The number of nitrogens with one attached hydrogen (secondary N) is 1.